The third kappa shape index (κ3) is 4.42. The number of nitrogens with zero attached hydrogens (tertiary/aromatic N) is 4. The van der Waals surface area contributed by atoms with Crippen LogP contribution in [-0.4, -0.2) is 45.0 Å². The molecule has 2 aliphatic carbocycles. The van der Waals surface area contributed by atoms with Gasteiger partial charge in [0.2, 0.25) is 5.75 Å². The van der Waals surface area contributed by atoms with E-state index in [1.807, 2.05) is 27.8 Å². The number of amides is 1. The minimum Gasteiger partial charge on any atom is -0.486 e. The molecule has 0 saturated heterocycles. The topological polar surface area (TPSA) is 77.3 Å². The lowest BCUT2D eigenvalue weighted by Gasteiger charge is -2.34. The Morgan fingerprint density at radius 2 is 1.97 bits per heavy atom. The molecule has 1 amide bonds. The summed E-state index contributed by atoms with van der Waals surface area (Å²) in [5.74, 6) is 1.35. The van der Waals surface area contributed by atoms with Crippen LogP contribution in [-0.2, 0) is 18.4 Å². The zero-order valence-corrected chi connectivity index (χ0v) is 19.6. The van der Waals surface area contributed by atoms with Crippen molar-refractivity contribution in [2.45, 2.75) is 76.7 Å². The lowest BCUT2D eigenvalue weighted by atomic mass is 9.78. The number of unbranched alkanes of at least 4 members (excludes halogenated alkanes) is 1. The average molecular weight is 451 g/mol. The standard InChI is InChI=1S/C26H34N4O3/c1-2-3-16-33-23-22-25(32)29(18-19-9-10-19)14-15-30(22)21(28-24(23)31)17-26(11-5-6-12-26)20-8-4-7-13-27-20/h4,7-8,13,19H,2-3,5-6,9-12,14-18H2,1H3. The van der Waals surface area contributed by atoms with Crippen LogP contribution in [0.5, 0.6) is 5.75 Å². The lowest BCUT2D eigenvalue weighted by Crippen LogP contribution is -2.45. The van der Waals surface area contributed by atoms with Crippen molar-refractivity contribution in [3.63, 3.8) is 0 Å². The van der Waals surface area contributed by atoms with E-state index in [1.165, 1.54) is 12.8 Å². The summed E-state index contributed by atoms with van der Waals surface area (Å²) in [6, 6.07) is 6.05. The summed E-state index contributed by atoms with van der Waals surface area (Å²) in [6.45, 7) is 4.59. The Morgan fingerprint density at radius 1 is 1.15 bits per heavy atom. The maximum absolute atomic E-state index is 13.6. The summed E-state index contributed by atoms with van der Waals surface area (Å²) < 4.78 is 7.88. The van der Waals surface area contributed by atoms with Gasteiger partial charge in [0.1, 0.15) is 5.82 Å². The quantitative estimate of drug-likeness (QED) is 0.544. The largest absolute Gasteiger partial charge is 0.486 e. The molecule has 0 radical (unpaired) electrons. The number of hydrogen-bond donors (Lipinski definition) is 0. The summed E-state index contributed by atoms with van der Waals surface area (Å²) >= 11 is 0. The molecule has 0 unspecified atom stereocenters. The molecule has 7 nitrogen and oxygen atoms in total. The van der Waals surface area contributed by atoms with E-state index >= 15 is 0 Å². The van der Waals surface area contributed by atoms with Gasteiger partial charge in [-0.3, -0.25) is 14.6 Å². The highest BCUT2D eigenvalue weighted by molar-refractivity contribution is 5.95. The maximum atomic E-state index is 13.6. The molecular weight excluding hydrogens is 416 g/mol. The van der Waals surface area contributed by atoms with Gasteiger partial charge in [0, 0.05) is 43.4 Å². The number of hydrogen-bond acceptors (Lipinski definition) is 5. The second-order valence-corrected chi connectivity index (χ2v) is 9.94. The van der Waals surface area contributed by atoms with Crippen molar-refractivity contribution in [2.24, 2.45) is 5.92 Å². The number of rotatable bonds is 9. The summed E-state index contributed by atoms with van der Waals surface area (Å²) in [6.07, 6.45) is 10.9. The predicted octanol–water partition coefficient (Wildman–Crippen LogP) is 3.74. The van der Waals surface area contributed by atoms with Crippen molar-refractivity contribution in [2.75, 3.05) is 19.7 Å². The Kier molecular flexibility index (Phi) is 6.21. The van der Waals surface area contributed by atoms with Crippen molar-refractivity contribution in [3.05, 3.63) is 52.0 Å². The van der Waals surface area contributed by atoms with Gasteiger partial charge in [-0.25, -0.2) is 0 Å². The Hall–Kier alpha value is -2.70. The van der Waals surface area contributed by atoms with E-state index in [9.17, 15) is 9.59 Å². The van der Waals surface area contributed by atoms with Crippen molar-refractivity contribution in [1.29, 1.82) is 0 Å². The van der Waals surface area contributed by atoms with Gasteiger partial charge < -0.3 is 14.2 Å². The highest BCUT2D eigenvalue weighted by atomic mass is 16.5. The SMILES string of the molecule is CCCCOc1c2n(c(CC3(c4ccccn4)CCCC3)nc1=O)CCN(CC1CC1)C2=O. The van der Waals surface area contributed by atoms with Crippen LogP contribution in [0.2, 0.25) is 0 Å². The van der Waals surface area contributed by atoms with Crippen LogP contribution in [0, 0.1) is 5.92 Å². The number of carbonyl (C=O) groups excluding carboxylic acids is 1. The first kappa shape index (κ1) is 22.1. The molecule has 3 heterocycles. The normalized spacial score (nSPS) is 19.5. The van der Waals surface area contributed by atoms with Crippen LogP contribution in [0.4, 0.5) is 0 Å². The molecule has 0 bridgehead atoms. The Bertz CT molecular complexity index is 1060. The molecule has 0 aromatic carbocycles. The van der Waals surface area contributed by atoms with Crippen LogP contribution in [0.15, 0.2) is 29.2 Å². The van der Waals surface area contributed by atoms with Crippen LogP contribution < -0.4 is 10.3 Å². The van der Waals surface area contributed by atoms with Gasteiger partial charge >= 0.3 is 5.56 Å². The van der Waals surface area contributed by atoms with E-state index in [4.69, 9.17) is 4.74 Å². The van der Waals surface area contributed by atoms with Crippen molar-refractivity contribution < 1.29 is 9.53 Å². The van der Waals surface area contributed by atoms with Gasteiger partial charge in [-0.1, -0.05) is 32.3 Å². The van der Waals surface area contributed by atoms with Gasteiger partial charge in [0.15, 0.2) is 5.69 Å². The summed E-state index contributed by atoms with van der Waals surface area (Å²) in [5.41, 5.74) is 0.914. The first-order valence-electron chi connectivity index (χ1n) is 12.6. The van der Waals surface area contributed by atoms with Gasteiger partial charge in [0.05, 0.1) is 6.61 Å². The van der Waals surface area contributed by atoms with Crippen molar-refractivity contribution in [3.8, 4) is 5.75 Å². The van der Waals surface area contributed by atoms with E-state index in [1.54, 1.807) is 0 Å². The molecular formula is C26H34N4O3. The molecule has 7 heteroatoms. The summed E-state index contributed by atoms with van der Waals surface area (Å²) in [7, 11) is 0. The first-order chi connectivity index (χ1) is 16.1. The minimum absolute atomic E-state index is 0.0845. The number of ether oxygens (including phenoxy) is 1. The fourth-order valence-corrected chi connectivity index (χ4v) is 5.43. The minimum atomic E-state index is -0.414. The smallest absolute Gasteiger partial charge is 0.316 e. The zero-order valence-electron chi connectivity index (χ0n) is 19.6. The van der Waals surface area contributed by atoms with Crippen molar-refractivity contribution >= 4 is 5.91 Å². The van der Waals surface area contributed by atoms with Gasteiger partial charge in [0.25, 0.3) is 5.91 Å². The molecule has 2 aromatic rings. The van der Waals surface area contributed by atoms with E-state index in [2.05, 4.69) is 23.0 Å². The Balaban J connectivity index is 1.54. The molecule has 3 aliphatic rings. The molecule has 0 atom stereocenters. The molecule has 1 aliphatic heterocycles. The second kappa shape index (κ2) is 9.27. The molecule has 2 aromatic heterocycles. The summed E-state index contributed by atoms with van der Waals surface area (Å²) in [4.78, 5) is 37.9. The molecule has 5 rings (SSSR count). The van der Waals surface area contributed by atoms with E-state index in [0.29, 0.717) is 43.6 Å². The van der Waals surface area contributed by atoms with Crippen LogP contribution in [0.1, 0.15) is 80.3 Å². The van der Waals surface area contributed by atoms with Gasteiger partial charge in [-0.15, -0.1) is 0 Å². The molecule has 0 N–H and O–H groups in total. The van der Waals surface area contributed by atoms with Gasteiger partial charge in [-0.05, 0) is 50.2 Å². The molecule has 33 heavy (non-hydrogen) atoms. The first-order valence-corrected chi connectivity index (χ1v) is 12.6. The zero-order chi connectivity index (χ0) is 22.8. The highest BCUT2D eigenvalue weighted by Crippen LogP contribution is 2.43. The molecule has 2 saturated carbocycles. The van der Waals surface area contributed by atoms with E-state index < -0.39 is 5.56 Å². The number of aromatic nitrogens is 3. The van der Waals surface area contributed by atoms with E-state index in [-0.39, 0.29) is 17.1 Å². The van der Waals surface area contributed by atoms with Crippen LogP contribution in [0.25, 0.3) is 0 Å². The Morgan fingerprint density at radius 3 is 2.67 bits per heavy atom. The fraction of sp³-hybridized carbons (Fsp3) is 0.615. The number of fused-ring (bicyclic) bond motifs is 1. The molecule has 176 valence electrons. The predicted molar refractivity (Wildman–Crippen MR) is 126 cm³/mol. The van der Waals surface area contributed by atoms with Crippen LogP contribution >= 0.6 is 0 Å². The van der Waals surface area contributed by atoms with Gasteiger partial charge in [-0.2, -0.15) is 4.98 Å². The average Bonchev–Trinajstić information content (AvgIpc) is 3.52. The maximum Gasteiger partial charge on any atom is 0.316 e. The molecule has 2 fully saturated rings. The van der Waals surface area contributed by atoms with E-state index in [0.717, 1.165) is 50.8 Å². The summed E-state index contributed by atoms with van der Waals surface area (Å²) in [5, 5.41) is 0. The molecule has 0 spiro atoms. The lowest BCUT2D eigenvalue weighted by molar-refractivity contribution is 0.0681. The highest BCUT2D eigenvalue weighted by Gasteiger charge is 2.40. The van der Waals surface area contributed by atoms with Crippen LogP contribution in [0.3, 0.4) is 0 Å². The number of carbonyl (C=O) groups is 1. The van der Waals surface area contributed by atoms with Crippen molar-refractivity contribution in [1.82, 2.24) is 19.4 Å². The second-order valence-electron chi connectivity index (χ2n) is 9.94. The third-order valence-electron chi connectivity index (χ3n) is 7.49. The third-order valence-corrected chi connectivity index (χ3v) is 7.49. The number of pyridine rings is 1. The monoisotopic (exact) mass is 450 g/mol. The fourth-order valence-electron chi connectivity index (χ4n) is 5.43. The Labute approximate surface area is 195 Å².